The van der Waals surface area contributed by atoms with Crippen LogP contribution in [0.25, 0.3) is 0 Å². The minimum Gasteiger partial charge on any atom is -0.340 e. The maximum atomic E-state index is 12.8. The molecule has 1 amide bonds. The zero-order valence-electron chi connectivity index (χ0n) is 15.5. The zero-order valence-corrected chi connectivity index (χ0v) is 16.3. The molecule has 2 aliphatic rings. The Morgan fingerprint density at radius 3 is 2.88 bits per heavy atom. The maximum Gasteiger partial charge on any atom is 0.227 e. The molecule has 1 aliphatic carbocycles. The van der Waals surface area contributed by atoms with Crippen LogP contribution in [0.15, 0.2) is 17.5 Å². The van der Waals surface area contributed by atoms with Crippen LogP contribution >= 0.6 is 11.3 Å². The molecule has 1 atom stereocenters. The third kappa shape index (κ3) is 3.05. The molecular weight excluding hydrogens is 348 g/mol. The maximum absolute atomic E-state index is 12.8. The fourth-order valence-corrected chi connectivity index (χ4v) is 5.02. The second-order valence-electron chi connectivity index (χ2n) is 7.63. The number of rotatable bonds is 5. The first-order chi connectivity index (χ1) is 12.6. The van der Waals surface area contributed by atoms with Crippen molar-refractivity contribution >= 4 is 17.2 Å². The molecule has 4 rings (SSSR count). The first kappa shape index (κ1) is 17.6. The Morgan fingerprint density at radius 1 is 1.38 bits per heavy atom. The summed E-state index contributed by atoms with van der Waals surface area (Å²) >= 11 is 1.64. The number of thiophene rings is 1. The number of hydrogen-bond acceptors (Lipinski definition) is 6. The van der Waals surface area contributed by atoms with Gasteiger partial charge in [0.2, 0.25) is 5.91 Å². The van der Waals surface area contributed by atoms with E-state index in [0.29, 0.717) is 19.0 Å². The average molecular weight is 375 g/mol. The summed E-state index contributed by atoms with van der Waals surface area (Å²) < 4.78 is 2.04. The molecular formula is C18H26N6OS. The molecule has 0 N–H and O–H groups in total. The van der Waals surface area contributed by atoms with E-state index in [9.17, 15) is 4.79 Å². The van der Waals surface area contributed by atoms with Gasteiger partial charge < -0.3 is 4.90 Å². The highest BCUT2D eigenvalue weighted by molar-refractivity contribution is 7.10. The first-order valence-electron chi connectivity index (χ1n) is 9.36. The van der Waals surface area contributed by atoms with Gasteiger partial charge in [-0.2, -0.15) is 0 Å². The van der Waals surface area contributed by atoms with Crippen molar-refractivity contribution in [1.29, 1.82) is 0 Å². The topological polar surface area (TPSA) is 67.2 Å². The van der Waals surface area contributed by atoms with Crippen LogP contribution in [0.2, 0.25) is 0 Å². The lowest BCUT2D eigenvalue weighted by molar-refractivity contribution is -0.129. The molecule has 2 aromatic heterocycles. The normalized spacial score (nSPS) is 24.0. The minimum atomic E-state index is -0.308. The summed E-state index contributed by atoms with van der Waals surface area (Å²) in [4.78, 5) is 18.1. The smallest absolute Gasteiger partial charge is 0.227 e. The molecule has 0 radical (unpaired) electrons. The van der Waals surface area contributed by atoms with Gasteiger partial charge >= 0.3 is 0 Å². The Labute approximate surface area is 158 Å². The summed E-state index contributed by atoms with van der Waals surface area (Å²) in [6.07, 6.45) is 6.11. The van der Waals surface area contributed by atoms with Gasteiger partial charge in [-0.15, -0.1) is 16.4 Å². The summed E-state index contributed by atoms with van der Waals surface area (Å²) in [5.41, 5.74) is -0.308. The van der Waals surface area contributed by atoms with Gasteiger partial charge in [0.05, 0.1) is 12.5 Å². The SMILES string of the molecule is CN(C)C1(c2nnnn2C2CCCC2)CCN(C(=O)Cc2cccs2)C1. The highest BCUT2D eigenvalue weighted by atomic mass is 32.1. The van der Waals surface area contributed by atoms with Gasteiger partial charge in [-0.1, -0.05) is 18.9 Å². The van der Waals surface area contributed by atoms with Crippen LogP contribution < -0.4 is 0 Å². The summed E-state index contributed by atoms with van der Waals surface area (Å²) in [5, 5.41) is 14.8. The van der Waals surface area contributed by atoms with E-state index in [0.717, 1.165) is 36.5 Å². The van der Waals surface area contributed by atoms with E-state index in [1.165, 1.54) is 12.8 Å². The Balaban J connectivity index is 1.57. The van der Waals surface area contributed by atoms with E-state index in [-0.39, 0.29) is 11.4 Å². The number of amides is 1. The first-order valence-corrected chi connectivity index (χ1v) is 10.2. The standard InChI is InChI=1S/C18H26N6OS/c1-22(2)18(17-19-20-21-24(17)14-6-3-4-7-14)9-10-23(13-18)16(25)12-15-8-5-11-26-15/h5,8,11,14H,3-4,6-7,9-10,12-13H2,1-2H3. The second-order valence-corrected chi connectivity index (χ2v) is 8.67. The van der Waals surface area contributed by atoms with Crippen molar-refractivity contribution in [3.63, 3.8) is 0 Å². The molecule has 0 aromatic carbocycles. The Bertz CT molecular complexity index is 752. The molecule has 3 heterocycles. The lowest BCUT2D eigenvalue weighted by atomic mass is 9.95. The van der Waals surface area contributed by atoms with E-state index < -0.39 is 0 Å². The predicted octanol–water partition coefficient (Wildman–Crippen LogP) is 2.08. The van der Waals surface area contributed by atoms with Crippen molar-refractivity contribution in [3.8, 4) is 0 Å². The molecule has 8 heteroatoms. The van der Waals surface area contributed by atoms with Crippen LogP contribution in [-0.4, -0.2) is 63.1 Å². The highest BCUT2D eigenvalue weighted by Crippen LogP contribution is 2.38. The van der Waals surface area contributed by atoms with Crippen LogP contribution in [0.3, 0.4) is 0 Å². The number of likely N-dealkylation sites (tertiary alicyclic amines) is 1. The number of aromatic nitrogens is 4. The quantitative estimate of drug-likeness (QED) is 0.802. The summed E-state index contributed by atoms with van der Waals surface area (Å²) in [5.74, 6) is 1.11. The third-order valence-corrected chi connectivity index (χ3v) is 6.82. The van der Waals surface area contributed by atoms with Gasteiger partial charge in [0.1, 0.15) is 5.54 Å². The number of likely N-dealkylation sites (N-methyl/N-ethyl adjacent to an activating group) is 1. The van der Waals surface area contributed by atoms with Crippen molar-refractivity contribution in [1.82, 2.24) is 30.0 Å². The summed E-state index contributed by atoms with van der Waals surface area (Å²) in [6, 6.07) is 4.42. The number of nitrogens with zero attached hydrogens (tertiary/aromatic N) is 6. The van der Waals surface area contributed by atoms with Crippen LogP contribution in [0.5, 0.6) is 0 Å². The number of carbonyl (C=O) groups excluding carboxylic acids is 1. The molecule has 2 fully saturated rings. The van der Waals surface area contributed by atoms with Crippen LogP contribution in [-0.2, 0) is 16.8 Å². The zero-order chi connectivity index (χ0) is 18.1. The largest absolute Gasteiger partial charge is 0.340 e. The lowest BCUT2D eigenvalue weighted by Crippen LogP contribution is -2.47. The summed E-state index contributed by atoms with van der Waals surface area (Å²) in [6.45, 7) is 1.40. The average Bonchev–Trinajstić information content (AvgIpc) is 3.39. The van der Waals surface area contributed by atoms with Crippen LogP contribution in [0, 0.1) is 0 Å². The van der Waals surface area contributed by atoms with Crippen molar-refractivity contribution < 1.29 is 4.79 Å². The van der Waals surface area contributed by atoms with Gasteiger partial charge in [-0.25, -0.2) is 4.68 Å². The monoisotopic (exact) mass is 374 g/mol. The fourth-order valence-electron chi connectivity index (χ4n) is 4.32. The molecule has 7 nitrogen and oxygen atoms in total. The van der Waals surface area contributed by atoms with Gasteiger partial charge in [0.15, 0.2) is 5.82 Å². The van der Waals surface area contributed by atoms with E-state index >= 15 is 0 Å². The van der Waals surface area contributed by atoms with Crippen LogP contribution in [0.4, 0.5) is 0 Å². The molecule has 140 valence electrons. The highest BCUT2D eigenvalue weighted by Gasteiger charge is 2.47. The predicted molar refractivity (Wildman–Crippen MR) is 99.9 cm³/mol. The number of carbonyl (C=O) groups is 1. The van der Waals surface area contributed by atoms with Crippen LogP contribution in [0.1, 0.15) is 48.8 Å². The van der Waals surface area contributed by atoms with E-state index in [4.69, 9.17) is 0 Å². The van der Waals surface area contributed by atoms with E-state index in [2.05, 4.69) is 34.5 Å². The Hall–Kier alpha value is -1.80. The molecule has 0 spiro atoms. The molecule has 0 bridgehead atoms. The lowest BCUT2D eigenvalue weighted by Gasteiger charge is -2.35. The van der Waals surface area contributed by atoms with Crippen molar-refractivity contribution in [2.75, 3.05) is 27.2 Å². The third-order valence-electron chi connectivity index (χ3n) is 5.94. The molecule has 1 aliphatic heterocycles. The van der Waals surface area contributed by atoms with Gasteiger partial charge in [0, 0.05) is 18.0 Å². The van der Waals surface area contributed by atoms with Crippen molar-refractivity contribution in [2.24, 2.45) is 0 Å². The Morgan fingerprint density at radius 2 is 2.19 bits per heavy atom. The van der Waals surface area contributed by atoms with Gasteiger partial charge in [0.25, 0.3) is 0 Å². The van der Waals surface area contributed by atoms with Gasteiger partial charge in [-0.05, 0) is 55.2 Å². The van der Waals surface area contributed by atoms with E-state index in [1.54, 1.807) is 11.3 Å². The fraction of sp³-hybridized carbons (Fsp3) is 0.667. The second kappa shape index (κ2) is 7.08. The molecule has 1 saturated carbocycles. The minimum absolute atomic E-state index is 0.191. The molecule has 26 heavy (non-hydrogen) atoms. The Kier molecular flexibility index (Phi) is 4.79. The summed E-state index contributed by atoms with van der Waals surface area (Å²) in [7, 11) is 4.14. The number of tetrazole rings is 1. The van der Waals surface area contributed by atoms with Gasteiger partial charge in [-0.3, -0.25) is 9.69 Å². The molecule has 1 saturated heterocycles. The van der Waals surface area contributed by atoms with Crippen molar-refractivity contribution in [2.45, 2.75) is 50.1 Å². The number of hydrogen-bond donors (Lipinski definition) is 0. The molecule has 2 aromatic rings. The van der Waals surface area contributed by atoms with Crippen molar-refractivity contribution in [3.05, 3.63) is 28.2 Å². The van der Waals surface area contributed by atoms with E-state index in [1.807, 2.05) is 27.1 Å². The molecule has 1 unspecified atom stereocenters.